The molecule has 0 aromatic rings. The van der Waals surface area contributed by atoms with Crippen molar-refractivity contribution < 1.29 is 29.0 Å². The van der Waals surface area contributed by atoms with Crippen molar-refractivity contribution in [2.45, 2.75) is 25.0 Å². The van der Waals surface area contributed by atoms with E-state index in [4.69, 9.17) is 20.3 Å². The number of nitrogens with one attached hydrogen (secondary N) is 1. The number of aliphatic carboxylic acids is 1. The summed E-state index contributed by atoms with van der Waals surface area (Å²) in [5.74, 6) is -2.01. The van der Waals surface area contributed by atoms with Crippen molar-refractivity contribution in [1.29, 1.82) is 0 Å². The van der Waals surface area contributed by atoms with Crippen LogP contribution in [0.4, 0.5) is 0 Å². The first-order valence-corrected chi connectivity index (χ1v) is 5.52. The lowest BCUT2D eigenvalue weighted by Crippen LogP contribution is -2.37. The number of hydrogen-bond donors (Lipinski definition) is 3. The molecule has 1 heterocycles. The summed E-state index contributed by atoms with van der Waals surface area (Å²) in [4.78, 5) is 32.5. The van der Waals surface area contributed by atoms with Crippen LogP contribution in [0.15, 0.2) is 0 Å². The molecule has 1 fully saturated rings. The van der Waals surface area contributed by atoms with E-state index in [1.165, 1.54) is 0 Å². The number of nitrogens with two attached hydrogens (primary N) is 1. The predicted molar refractivity (Wildman–Crippen MR) is 58.6 cm³/mol. The molecule has 1 rings (SSSR count). The molecule has 2 unspecified atom stereocenters. The summed E-state index contributed by atoms with van der Waals surface area (Å²) in [7, 11) is 0. The minimum Gasteiger partial charge on any atom is -0.479 e. The molecule has 0 saturated carbocycles. The van der Waals surface area contributed by atoms with Gasteiger partial charge in [0.2, 0.25) is 11.8 Å². The van der Waals surface area contributed by atoms with Gasteiger partial charge in [-0.05, 0) is 12.8 Å². The van der Waals surface area contributed by atoms with Crippen LogP contribution in [0.5, 0.6) is 0 Å². The normalized spacial score (nSPS) is 22.7. The first-order valence-electron chi connectivity index (χ1n) is 5.52. The van der Waals surface area contributed by atoms with Gasteiger partial charge < -0.3 is 25.6 Å². The Balaban J connectivity index is 2.14. The molecule has 0 aliphatic carbocycles. The van der Waals surface area contributed by atoms with Crippen molar-refractivity contribution in [1.82, 2.24) is 5.32 Å². The van der Waals surface area contributed by atoms with Crippen LogP contribution in [-0.2, 0) is 23.9 Å². The van der Waals surface area contributed by atoms with Gasteiger partial charge in [-0.3, -0.25) is 9.59 Å². The Labute approximate surface area is 103 Å². The predicted octanol–water partition coefficient (Wildman–Crippen LogP) is -1.76. The Morgan fingerprint density at radius 3 is 2.56 bits per heavy atom. The van der Waals surface area contributed by atoms with E-state index in [9.17, 15) is 14.4 Å². The summed E-state index contributed by atoms with van der Waals surface area (Å²) < 4.78 is 9.90. The van der Waals surface area contributed by atoms with Crippen molar-refractivity contribution in [2.24, 2.45) is 5.73 Å². The van der Waals surface area contributed by atoms with Crippen LogP contribution in [0.2, 0.25) is 0 Å². The van der Waals surface area contributed by atoms with Crippen LogP contribution >= 0.6 is 0 Å². The van der Waals surface area contributed by atoms with Gasteiger partial charge in [-0.15, -0.1) is 0 Å². The molecule has 1 saturated heterocycles. The molecule has 0 spiro atoms. The zero-order valence-corrected chi connectivity index (χ0v) is 9.76. The molecule has 0 bridgehead atoms. The van der Waals surface area contributed by atoms with Gasteiger partial charge in [0.1, 0.15) is 12.7 Å². The molecule has 1 aliphatic heterocycles. The van der Waals surface area contributed by atoms with Gasteiger partial charge in [-0.1, -0.05) is 0 Å². The fourth-order valence-electron chi connectivity index (χ4n) is 1.54. The van der Waals surface area contributed by atoms with E-state index in [2.05, 4.69) is 5.32 Å². The maximum absolute atomic E-state index is 11.5. The summed E-state index contributed by atoms with van der Waals surface area (Å²) in [6, 6.07) is 0. The summed E-state index contributed by atoms with van der Waals surface area (Å²) in [5.41, 5.74) is 4.85. The lowest BCUT2D eigenvalue weighted by molar-refractivity contribution is -0.151. The molecular formula is C10H16N2O6. The summed E-state index contributed by atoms with van der Waals surface area (Å²) in [6.07, 6.45) is -0.939. The van der Waals surface area contributed by atoms with Crippen LogP contribution in [-0.4, -0.2) is 54.9 Å². The first kappa shape index (κ1) is 14.4. The zero-order valence-electron chi connectivity index (χ0n) is 9.76. The molecule has 8 heteroatoms. The van der Waals surface area contributed by atoms with Crippen molar-refractivity contribution in [3.63, 3.8) is 0 Å². The number of hydrogen-bond acceptors (Lipinski definition) is 5. The maximum Gasteiger partial charge on any atom is 0.332 e. The SMILES string of the molecule is NC(=O)COCCNC(=O)C1CCC(C(=O)O)O1. The molecule has 18 heavy (non-hydrogen) atoms. The topological polar surface area (TPSA) is 128 Å². The molecule has 0 radical (unpaired) electrons. The standard InChI is InChI=1S/C10H16N2O6/c11-8(13)5-17-4-3-12-9(14)6-1-2-7(18-6)10(15)16/h6-7H,1-5H2,(H2,11,13)(H,12,14)(H,15,16). The second-order valence-electron chi connectivity index (χ2n) is 3.84. The molecule has 0 aromatic carbocycles. The Morgan fingerprint density at radius 2 is 2.00 bits per heavy atom. The van der Waals surface area contributed by atoms with Crippen molar-refractivity contribution in [3.8, 4) is 0 Å². The highest BCUT2D eigenvalue weighted by atomic mass is 16.5. The third-order valence-electron chi connectivity index (χ3n) is 2.38. The fourth-order valence-corrected chi connectivity index (χ4v) is 1.54. The number of rotatable bonds is 7. The smallest absolute Gasteiger partial charge is 0.332 e. The molecular weight excluding hydrogens is 244 g/mol. The minimum atomic E-state index is -1.06. The largest absolute Gasteiger partial charge is 0.479 e. The average Bonchev–Trinajstić information content (AvgIpc) is 2.77. The first-order chi connectivity index (χ1) is 8.50. The second kappa shape index (κ2) is 6.92. The van der Waals surface area contributed by atoms with Gasteiger partial charge in [0.05, 0.1) is 6.61 Å². The third-order valence-corrected chi connectivity index (χ3v) is 2.38. The van der Waals surface area contributed by atoms with Crippen molar-refractivity contribution in [2.75, 3.05) is 19.8 Å². The molecule has 102 valence electrons. The number of carbonyl (C=O) groups excluding carboxylic acids is 2. The monoisotopic (exact) mass is 260 g/mol. The summed E-state index contributed by atoms with van der Waals surface area (Å²) in [5, 5.41) is 11.2. The molecule has 2 amide bonds. The maximum atomic E-state index is 11.5. The lowest BCUT2D eigenvalue weighted by atomic mass is 10.2. The summed E-state index contributed by atoms with van der Waals surface area (Å²) in [6.45, 7) is 0.171. The van der Waals surface area contributed by atoms with Gasteiger partial charge in [0, 0.05) is 6.54 Å². The highest BCUT2D eigenvalue weighted by Gasteiger charge is 2.34. The Bertz CT molecular complexity index is 332. The lowest BCUT2D eigenvalue weighted by Gasteiger charge is -2.11. The van der Waals surface area contributed by atoms with E-state index >= 15 is 0 Å². The van der Waals surface area contributed by atoms with E-state index in [1.807, 2.05) is 0 Å². The Kier molecular flexibility index (Phi) is 5.53. The van der Waals surface area contributed by atoms with Crippen molar-refractivity contribution >= 4 is 17.8 Å². The van der Waals surface area contributed by atoms with Crippen molar-refractivity contribution in [3.05, 3.63) is 0 Å². The van der Waals surface area contributed by atoms with E-state index in [-0.39, 0.29) is 25.7 Å². The van der Waals surface area contributed by atoms with E-state index in [0.717, 1.165) is 0 Å². The van der Waals surface area contributed by atoms with Crippen LogP contribution in [0.1, 0.15) is 12.8 Å². The quantitative estimate of drug-likeness (QED) is 0.465. The van der Waals surface area contributed by atoms with Gasteiger partial charge in [0.25, 0.3) is 0 Å². The highest BCUT2D eigenvalue weighted by Crippen LogP contribution is 2.19. The number of carbonyl (C=O) groups is 3. The molecule has 8 nitrogen and oxygen atoms in total. The number of carboxylic acids is 1. The molecule has 0 aromatic heterocycles. The van der Waals surface area contributed by atoms with Crippen LogP contribution in [0, 0.1) is 0 Å². The Hall–Kier alpha value is -1.67. The minimum absolute atomic E-state index is 0.157. The van der Waals surface area contributed by atoms with Gasteiger partial charge in [0.15, 0.2) is 6.10 Å². The molecule has 2 atom stereocenters. The van der Waals surface area contributed by atoms with Gasteiger partial charge in [-0.2, -0.15) is 0 Å². The summed E-state index contributed by atoms with van der Waals surface area (Å²) >= 11 is 0. The highest BCUT2D eigenvalue weighted by molar-refractivity contribution is 5.82. The fraction of sp³-hybridized carbons (Fsp3) is 0.700. The number of ether oxygens (including phenoxy) is 2. The van der Waals surface area contributed by atoms with Crippen LogP contribution < -0.4 is 11.1 Å². The Morgan fingerprint density at radius 1 is 1.33 bits per heavy atom. The van der Waals surface area contributed by atoms with Crippen LogP contribution in [0.25, 0.3) is 0 Å². The van der Waals surface area contributed by atoms with Crippen LogP contribution in [0.3, 0.4) is 0 Å². The van der Waals surface area contributed by atoms with Gasteiger partial charge >= 0.3 is 5.97 Å². The molecule has 4 N–H and O–H groups in total. The zero-order chi connectivity index (χ0) is 13.5. The number of carboxylic acid groups (broad SMARTS) is 1. The number of primary amides is 1. The van der Waals surface area contributed by atoms with Gasteiger partial charge in [-0.25, -0.2) is 4.79 Å². The van der Waals surface area contributed by atoms with E-state index in [0.29, 0.717) is 12.8 Å². The van der Waals surface area contributed by atoms with E-state index in [1.54, 1.807) is 0 Å². The number of amides is 2. The second-order valence-corrected chi connectivity index (χ2v) is 3.84. The molecule has 1 aliphatic rings. The average molecular weight is 260 g/mol. The van der Waals surface area contributed by atoms with E-state index < -0.39 is 24.1 Å². The third kappa shape index (κ3) is 4.68.